The molecule has 2 aromatic heterocycles. The number of carbonyl (C=O) groups is 2. The van der Waals surface area contributed by atoms with Gasteiger partial charge in [-0.3, -0.25) is 9.59 Å². The molecule has 18 nitrogen and oxygen atoms in total. The van der Waals surface area contributed by atoms with Crippen molar-refractivity contribution < 1.29 is 27.8 Å². The van der Waals surface area contributed by atoms with Crippen LogP contribution in [0.15, 0.2) is 91.5 Å². The number of anilines is 4. The quantitative estimate of drug-likeness (QED) is 0.0699. The van der Waals surface area contributed by atoms with Gasteiger partial charge in [0, 0.05) is 129 Å². The van der Waals surface area contributed by atoms with E-state index in [0.29, 0.717) is 100 Å². The highest BCUT2D eigenvalue weighted by Gasteiger charge is 2.49. The number of halogens is 4. The number of nitrogens with zero attached hydrogens (tertiary/aromatic N) is 14. The van der Waals surface area contributed by atoms with E-state index in [1.165, 1.54) is 21.8 Å². The zero-order valence-corrected chi connectivity index (χ0v) is 52.0. The number of hydrogen-bond donors (Lipinski definition) is 0. The minimum atomic E-state index is -1.04. The Morgan fingerprint density at radius 2 is 1.09 bits per heavy atom. The Morgan fingerprint density at radius 3 is 1.59 bits per heavy atom. The molecule has 8 aliphatic rings. The number of hydrogen-bond acceptors (Lipinski definition) is 16. The van der Waals surface area contributed by atoms with Gasteiger partial charge in [-0.15, -0.1) is 0 Å². The third-order valence-electron chi connectivity index (χ3n) is 20.2. The smallest absolute Gasteiger partial charge is 0.318 e. The van der Waals surface area contributed by atoms with Crippen molar-refractivity contribution in [2.75, 3.05) is 124 Å². The zero-order chi connectivity index (χ0) is 62.0. The number of amides is 2. The summed E-state index contributed by atoms with van der Waals surface area (Å²) in [6.07, 6.45) is 6.78. The number of rotatable bonds is 19. The summed E-state index contributed by atoms with van der Waals surface area (Å²) < 4.78 is 41.8. The van der Waals surface area contributed by atoms with E-state index in [0.717, 1.165) is 126 Å². The lowest BCUT2D eigenvalue weighted by molar-refractivity contribution is -0.132. The molecule has 14 rings (SSSR count). The van der Waals surface area contributed by atoms with E-state index in [9.17, 15) is 28.9 Å². The van der Waals surface area contributed by atoms with E-state index >= 15 is 0 Å². The van der Waals surface area contributed by atoms with Crippen molar-refractivity contribution in [2.24, 2.45) is 10.8 Å². The van der Waals surface area contributed by atoms with Crippen LogP contribution in [0.5, 0.6) is 12.0 Å². The maximum Gasteiger partial charge on any atom is 0.318 e. The lowest BCUT2D eigenvalue weighted by Gasteiger charge is -2.42. The van der Waals surface area contributed by atoms with Crippen LogP contribution < -0.4 is 29.1 Å². The molecule has 0 bridgehead atoms. The van der Waals surface area contributed by atoms with Crippen LogP contribution >= 0.6 is 23.2 Å². The Hall–Kier alpha value is -7.88. The van der Waals surface area contributed by atoms with Gasteiger partial charge in [-0.25, -0.2) is 8.78 Å². The number of likely N-dealkylation sites (tertiary alicyclic amines) is 2. The van der Waals surface area contributed by atoms with Gasteiger partial charge in [-0.05, 0) is 98.6 Å². The fraction of sp³-hybridized carbons (Fsp3) is 0.471. The molecule has 0 radical (unpaired) electrons. The number of carbonyl (C=O) groups excluding carboxylic acids is 2. The molecule has 6 aliphatic heterocycles. The summed E-state index contributed by atoms with van der Waals surface area (Å²) in [5.41, 5.74) is 6.99. The minimum absolute atomic E-state index is 0.0304. The van der Waals surface area contributed by atoms with E-state index in [4.69, 9.17) is 52.6 Å². The van der Waals surface area contributed by atoms with Crippen molar-refractivity contribution >= 4 is 79.6 Å². The second-order valence-electron chi connectivity index (χ2n) is 26.1. The highest BCUT2D eigenvalue weighted by Crippen LogP contribution is 2.50. The molecule has 2 saturated carbocycles. The van der Waals surface area contributed by atoms with Gasteiger partial charge in [0.25, 0.3) is 11.8 Å². The third-order valence-corrected chi connectivity index (χ3v) is 20.8. The highest BCUT2D eigenvalue weighted by molar-refractivity contribution is 6.37. The molecule has 1 unspecified atom stereocenters. The molecular formula is C68H72Cl2F2N14O4. The normalized spacial score (nSPS) is 21.2. The Bertz CT molecular complexity index is 3950. The van der Waals surface area contributed by atoms with Crippen LogP contribution in [-0.4, -0.2) is 168 Å². The number of ether oxygens (including phenoxy) is 2. The third kappa shape index (κ3) is 11.7. The Kier molecular flexibility index (Phi) is 16.2. The lowest BCUT2D eigenvalue weighted by Crippen LogP contribution is -2.55. The van der Waals surface area contributed by atoms with Crippen molar-refractivity contribution in [3.8, 4) is 24.2 Å². The van der Waals surface area contributed by atoms with Crippen LogP contribution in [0, 0.1) is 33.5 Å². The summed E-state index contributed by atoms with van der Waals surface area (Å²) in [5, 5.41) is 25.2. The molecule has 4 saturated heterocycles. The first-order valence-electron chi connectivity index (χ1n) is 31.6. The summed E-state index contributed by atoms with van der Waals surface area (Å²) in [5.74, 6) is -1.93. The number of piperazine rings is 2. The Balaban J connectivity index is 0.681. The van der Waals surface area contributed by atoms with Crippen molar-refractivity contribution in [2.45, 2.75) is 88.9 Å². The van der Waals surface area contributed by atoms with Crippen LogP contribution in [-0.2, 0) is 35.5 Å². The van der Waals surface area contributed by atoms with Crippen molar-refractivity contribution in [3.05, 3.63) is 130 Å². The first-order chi connectivity index (χ1) is 43.7. The maximum atomic E-state index is 14.3. The second-order valence-corrected chi connectivity index (χ2v) is 26.9. The lowest BCUT2D eigenvalue weighted by atomic mass is 9.86. The van der Waals surface area contributed by atoms with Gasteiger partial charge in [-0.2, -0.15) is 30.5 Å². The summed E-state index contributed by atoms with van der Waals surface area (Å²) >= 11 is 14.1. The molecule has 6 fully saturated rings. The number of benzene rings is 4. The highest BCUT2D eigenvalue weighted by atomic mass is 35.5. The fourth-order valence-corrected chi connectivity index (χ4v) is 15.3. The van der Waals surface area contributed by atoms with E-state index < -0.39 is 35.6 Å². The van der Waals surface area contributed by atoms with E-state index in [2.05, 4.69) is 97.2 Å². The van der Waals surface area contributed by atoms with Gasteiger partial charge < -0.3 is 48.7 Å². The number of aromatic nitrogens is 4. The van der Waals surface area contributed by atoms with Crippen LogP contribution in [0.25, 0.3) is 21.5 Å². The average Bonchev–Trinajstić information content (AvgIpc) is 1.37. The molecule has 8 heterocycles. The molecule has 466 valence electrons. The zero-order valence-electron chi connectivity index (χ0n) is 50.5. The number of nitriles is 2. The first kappa shape index (κ1) is 59.7. The van der Waals surface area contributed by atoms with Crippen LogP contribution in [0.3, 0.4) is 0 Å². The molecule has 6 aromatic rings. The standard InChI is InChI=1S/C68H72Cl2F2N14O4/c1-43(71)63(87)85-31-29-83(35-47(85)15-23-73)61-51-17-27-81(57-11-4-8-45-7-3-10-53(69)59(45)57)37-55(51)75-66(78-61)90-42-68(21-22-68)40-80-33-46(34-80)49-13-14-54(70)60-50(49)9-5-12-58(60)82-28-18-52-56(38-82)76-65(89-41-67(19-20-67)39-79-25-6-26-79)77-62(52)84-30-32-86(64(88)44(2)72)48(36-84)16-24-74/h3-5,7-14,46-48H,1-2,6,15-22,25-42H2/t47?,48-/m0/s1. The molecule has 90 heavy (non-hydrogen) atoms. The first-order valence-corrected chi connectivity index (χ1v) is 32.3. The molecule has 0 spiro atoms. The molecule has 0 N–H and O–H groups in total. The van der Waals surface area contributed by atoms with Gasteiger partial charge in [0.15, 0.2) is 11.7 Å². The van der Waals surface area contributed by atoms with Crippen molar-refractivity contribution in [1.82, 2.24) is 39.5 Å². The van der Waals surface area contributed by atoms with E-state index in [1.807, 2.05) is 24.3 Å². The molecule has 2 amide bonds. The predicted octanol–water partition coefficient (Wildman–Crippen LogP) is 9.96. The average molecular weight is 1260 g/mol. The molecule has 4 aromatic carbocycles. The largest absolute Gasteiger partial charge is 0.463 e. The summed E-state index contributed by atoms with van der Waals surface area (Å²) in [6, 6.07) is 26.7. The number of fused-ring (bicyclic) bond motifs is 4. The van der Waals surface area contributed by atoms with E-state index in [-0.39, 0.29) is 48.7 Å². The Labute approximate surface area is 532 Å². The van der Waals surface area contributed by atoms with Gasteiger partial charge in [0.1, 0.15) is 11.6 Å². The predicted molar refractivity (Wildman–Crippen MR) is 342 cm³/mol. The van der Waals surface area contributed by atoms with Gasteiger partial charge in [0.2, 0.25) is 0 Å². The minimum Gasteiger partial charge on any atom is -0.463 e. The molecule has 2 atom stereocenters. The van der Waals surface area contributed by atoms with Gasteiger partial charge in [-0.1, -0.05) is 78.8 Å². The summed E-state index contributed by atoms with van der Waals surface area (Å²) in [4.78, 5) is 63.1. The van der Waals surface area contributed by atoms with Gasteiger partial charge in [0.05, 0.1) is 84.8 Å². The summed E-state index contributed by atoms with van der Waals surface area (Å²) in [7, 11) is 0. The molecule has 2 aliphatic carbocycles. The van der Waals surface area contributed by atoms with E-state index in [1.54, 1.807) is 0 Å². The summed E-state index contributed by atoms with van der Waals surface area (Å²) in [6.45, 7) is 17.5. The SMILES string of the molecule is C=C(F)C(=O)N1CCN(c2nc(OCC3(CN4CC(c5ccc(Cl)c6c(N7CCc8c(nc(OCC9(CN%10CCC%10)CC9)nc8N8CCN(C(=O)C(=C)F)[C@@H](CC#N)C8)C7)cccc56)C4)CC3)nc3c2CCN(c2cccc4cccc(Cl)c24)C3)CC1CC#N. The Morgan fingerprint density at radius 1 is 0.589 bits per heavy atom. The monoisotopic (exact) mass is 1260 g/mol. The van der Waals surface area contributed by atoms with Crippen LogP contribution in [0.1, 0.15) is 78.9 Å². The topological polar surface area (TPSA) is 178 Å². The van der Waals surface area contributed by atoms with Crippen LogP contribution in [0.2, 0.25) is 10.0 Å². The maximum absolute atomic E-state index is 14.3. The van der Waals surface area contributed by atoms with Crippen molar-refractivity contribution in [3.63, 3.8) is 0 Å². The molecular weight excluding hydrogens is 1190 g/mol. The van der Waals surface area contributed by atoms with Crippen molar-refractivity contribution in [1.29, 1.82) is 10.5 Å². The second kappa shape index (κ2) is 24.4. The molecule has 22 heteroatoms. The van der Waals surface area contributed by atoms with Crippen LogP contribution in [0.4, 0.5) is 31.8 Å². The van der Waals surface area contributed by atoms with Gasteiger partial charge >= 0.3 is 12.0 Å². The fourth-order valence-electron chi connectivity index (χ4n) is 14.7.